The SMILES string of the molecule is CCCCC(N)c1cnc2ccccc2n1. The van der Waals surface area contributed by atoms with Crippen LogP contribution in [0.3, 0.4) is 0 Å². The first-order valence-electron chi connectivity index (χ1n) is 5.78. The molecule has 0 fully saturated rings. The largest absolute Gasteiger partial charge is 0.323 e. The highest BCUT2D eigenvalue weighted by atomic mass is 14.8. The molecule has 0 aliphatic rings. The maximum absolute atomic E-state index is 6.07. The lowest BCUT2D eigenvalue weighted by Crippen LogP contribution is -2.12. The zero-order valence-corrected chi connectivity index (χ0v) is 9.56. The van der Waals surface area contributed by atoms with Crippen molar-refractivity contribution in [3.8, 4) is 0 Å². The highest BCUT2D eigenvalue weighted by Crippen LogP contribution is 2.16. The van der Waals surface area contributed by atoms with E-state index in [1.807, 2.05) is 24.3 Å². The third kappa shape index (κ3) is 2.36. The van der Waals surface area contributed by atoms with E-state index >= 15 is 0 Å². The molecule has 2 aromatic rings. The molecule has 0 saturated heterocycles. The number of hydrogen-bond donors (Lipinski definition) is 1. The van der Waals surface area contributed by atoms with E-state index in [9.17, 15) is 0 Å². The number of aromatic nitrogens is 2. The number of para-hydroxylation sites is 2. The lowest BCUT2D eigenvalue weighted by Gasteiger charge is -2.10. The van der Waals surface area contributed by atoms with Crippen LogP contribution >= 0.6 is 0 Å². The molecule has 0 bridgehead atoms. The quantitative estimate of drug-likeness (QED) is 0.853. The van der Waals surface area contributed by atoms with Crippen LogP contribution in [-0.4, -0.2) is 9.97 Å². The van der Waals surface area contributed by atoms with Gasteiger partial charge in [-0.05, 0) is 18.6 Å². The van der Waals surface area contributed by atoms with E-state index in [0.29, 0.717) is 0 Å². The van der Waals surface area contributed by atoms with Gasteiger partial charge in [0.2, 0.25) is 0 Å². The Bertz CT molecular complexity index is 467. The molecule has 2 N–H and O–H groups in total. The molecule has 0 radical (unpaired) electrons. The summed E-state index contributed by atoms with van der Waals surface area (Å²) in [5, 5.41) is 0. The molecule has 16 heavy (non-hydrogen) atoms. The van der Waals surface area contributed by atoms with Gasteiger partial charge in [0.15, 0.2) is 0 Å². The van der Waals surface area contributed by atoms with Gasteiger partial charge < -0.3 is 5.73 Å². The van der Waals surface area contributed by atoms with E-state index in [2.05, 4.69) is 16.9 Å². The van der Waals surface area contributed by atoms with Crippen molar-refractivity contribution in [2.24, 2.45) is 5.73 Å². The normalized spacial score (nSPS) is 12.9. The first-order chi connectivity index (χ1) is 7.81. The Balaban J connectivity index is 2.25. The van der Waals surface area contributed by atoms with Crippen LogP contribution in [0.2, 0.25) is 0 Å². The summed E-state index contributed by atoms with van der Waals surface area (Å²) in [4.78, 5) is 8.91. The van der Waals surface area contributed by atoms with Crippen molar-refractivity contribution >= 4 is 11.0 Å². The molecule has 0 aliphatic heterocycles. The van der Waals surface area contributed by atoms with E-state index in [-0.39, 0.29) is 6.04 Å². The fourth-order valence-corrected chi connectivity index (χ4v) is 1.72. The maximum atomic E-state index is 6.07. The first-order valence-corrected chi connectivity index (χ1v) is 5.78. The van der Waals surface area contributed by atoms with Crippen LogP contribution in [0.1, 0.15) is 37.9 Å². The Hall–Kier alpha value is -1.48. The minimum atomic E-state index is 0.0112. The van der Waals surface area contributed by atoms with Crippen LogP contribution in [0.5, 0.6) is 0 Å². The molecule has 1 atom stereocenters. The molecule has 2 rings (SSSR count). The van der Waals surface area contributed by atoms with Gasteiger partial charge in [-0.1, -0.05) is 31.9 Å². The summed E-state index contributed by atoms with van der Waals surface area (Å²) in [6.45, 7) is 2.17. The van der Waals surface area contributed by atoms with Crippen LogP contribution in [0.4, 0.5) is 0 Å². The lowest BCUT2D eigenvalue weighted by atomic mass is 10.1. The number of fused-ring (bicyclic) bond motifs is 1. The average Bonchev–Trinajstić information content (AvgIpc) is 2.35. The van der Waals surface area contributed by atoms with Gasteiger partial charge in [-0.2, -0.15) is 0 Å². The third-order valence-corrected chi connectivity index (χ3v) is 2.72. The molecule has 3 heteroatoms. The van der Waals surface area contributed by atoms with Gasteiger partial charge in [-0.25, -0.2) is 4.98 Å². The number of benzene rings is 1. The summed E-state index contributed by atoms with van der Waals surface area (Å²) in [5.74, 6) is 0. The van der Waals surface area contributed by atoms with Crippen LogP contribution in [0.25, 0.3) is 11.0 Å². The predicted molar refractivity (Wildman–Crippen MR) is 66.0 cm³/mol. The fraction of sp³-hybridized carbons (Fsp3) is 0.385. The zero-order valence-electron chi connectivity index (χ0n) is 9.56. The Morgan fingerprint density at radius 1 is 1.25 bits per heavy atom. The minimum Gasteiger partial charge on any atom is -0.323 e. The van der Waals surface area contributed by atoms with Crippen molar-refractivity contribution in [2.75, 3.05) is 0 Å². The van der Waals surface area contributed by atoms with Gasteiger partial charge in [0.25, 0.3) is 0 Å². The van der Waals surface area contributed by atoms with E-state index < -0.39 is 0 Å². The van der Waals surface area contributed by atoms with E-state index in [0.717, 1.165) is 36.0 Å². The van der Waals surface area contributed by atoms with Crippen molar-refractivity contribution in [3.05, 3.63) is 36.2 Å². The second-order valence-corrected chi connectivity index (χ2v) is 4.03. The number of rotatable bonds is 4. The molecule has 1 unspecified atom stereocenters. The maximum Gasteiger partial charge on any atom is 0.0890 e. The van der Waals surface area contributed by atoms with Gasteiger partial charge >= 0.3 is 0 Å². The molecular formula is C13H17N3. The van der Waals surface area contributed by atoms with Crippen LogP contribution in [-0.2, 0) is 0 Å². The molecule has 0 amide bonds. The van der Waals surface area contributed by atoms with Gasteiger partial charge in [-0.3, -0.25) is 4.98 Å². The van der Waals surface area contributed by atoms with Gasteiger partial charge in [0.05, 0.1) is 22.9 Å². The smallest absolute Gasteiger partial charge is 0.0890 e. The van der Waals surface area contributed by atoms with Crippen molar-refractivity contribution < 1.29 is 0 Å². The standard InChI is InChI=1S/C13H17N3/c1-2-3-6-10(14)13-9-15-11-7-4-5-8-12(11)16-13/h4-5,7-10H,2-3,6,14H2,1H3. The summed E-state index contributed by atoms with van der Waals surface area (Å²) in [7, 11) is 0. The lowest BCUT2D eigenvalue weighted by molar-refractivity contribution is 0.590. The van der Waals surface area contributed by atoms with Gasteiger partial charge in [0.1, 0.15) is 0 Å². The van der Waals surface area contributed by atoms with Crippen molar-refractivity contribution in [1.82, 2.24) is 9.97 Å². The van der Waals surface area contributed by atoms with Crippen LogP contribution in [0.15, 0.2) is 30.5 Å². The number of unbranched alkanes of at least 4 members (excludes halogenated alkanes) is 1. The molecule has 1 aromatic carbocycles. The highest BCUT2D eigenvalue weighted by molar-refractivity contribution is 5.73. The summed E-state index contributed by atoms with van der Waals surface area (Å²) in [6.07, 6.45) is 5.07. The molecule has 1 heterocycles. The van der Waals surface area contributed by atoms with Crippen LogP contribution < -0.4 is 5.73 Å². The summed E-state index contributed by atoms with van der Waals surface area (Å²) < 4.78 is 0. The number of nitrogens with two attached hydrogens (primary N) is 1. The summed E-state index contributed by atoms with van der Waals surface area (Å²) >= 11 is 0. The molecule has 0 saturated carbocycles. The summed E-state index contributed by atoms with van der Waals surface area (Å²) in [5.41, 5.74) is 8.81. The Labute approximate surface area is 95.7 Å². The van der Waals surface area contributed by atoms with Crippen molar-refractivity contribution in [3.63, 3.8) is 0 Å². The van der Waals surface area contributed by atoms with E-state index in [1.165, 1.54) is 0 Å². The van der Waals surface area contributed by atoms with Crippen LogP contribution in [0, 0.1) is 0 Å². The molecule has 1 aromatic heterocycles. The van der Waals surface area contributed by atoms with E-state index in [1.54, 1.807) is 6.20 Å². The van der Waals surface area contributed by atoms with Crippen molar-refractivity contribution in [1.29, 1.82) is 0 Å². The first kappa shape index (κ1) is 11.0. The second-order valence-electron chi connectivity index (χ2n) is 4.03. The number of hydrogen-bond acceptors (Lipinski definition) is 3. The topological polar surface area (TPSA) is 51.8 Å². The summed E-state index contributed by atoms with van der Waals surface area (Å²) in [6, 6.07) is 7.88. The highest BCUT2D eigenvalue weighted by Gasteiger charge is 2.08. The molecule has 84 valence electrons. The molecule has 3 nitrogen and oxygen atoms in total. The van der Waals surface area contributed by atoms with E-state index in [4.69, 9.17) is 5.73 Å². The Kier molecular flexibility index (Phi) is 3.47. The minimum absolute atomic E-state index is 0.0112. The Morgan fingerprint density at radius 3 is 2.75 bits per heavy atom. The van der Waals surface area contributed by atoms with Gasteiger partial charge in [0, 0.05) is 6.04 Å². The molecule has 0 aliphatic carbocycles. The monoisotopic (exact) mass is 215 g/mol. The molecular weight excluding hydrogens is 198 g/mol. The number of nitrogens with zero attached hydrogens (tertiary/aromatic N) is 2. The average molecular weight is 215 g/mol. The fourth-order valence-electron chi connectivity index (χ4n) is 1.72. The van der Waals surface area contributed by atoms with Gasteiger partial charge in [-0.15, -0.1) is 0 Å². The third-order valence-electron chi connectivity index (χ3n) is 2.72. The zero-order chi connectivity index (χ0) is 11.4. The van der Waals surface area contributed by atoms with Crippen molar-refractivity contribution in [2.45, 2.75) is 32.2 Å². The Morgan fingerprint density at radius 2 is 2.00 bits per heavy atom. The second kappa shape index (κ2) is 5.03. The molecule has 0 spiro atoms. The predicted octanol–water partition coefficient (Wildman–Crippen LogP) is 2.82.